The van der Waals surface area contributed by atoms with Crippen LogP contribution in [-0.2, 0) is 0 Å². The first-order valence-corrected chi connectivity index (χ1v) is 2.08. The van der Waals surface area contributed by atoms with E-state index >= 15 is 0 Å². The van der Waals surface area contributed by atoms with Crippen LogP contribution >= 0.6 is 9.24 Å². The highest BCUT2D eigenvalue weighted by Gasteiger charge is 1.61. The molecular formula is C3H6BP. The zero-order valence-corrected chi connectivity index (χ0v) is 4.39. The smallest absolute Gasteiger partial charge is 0.107 e. The van der Waals surface area contributed by atoms with Gasteiger partial charge in [-0.15, -0.1) is 14.7 Å². The summed E-state index contributed by atoms with van der Waals surface area (Å²) >= 11 is 0. The molecule has 0 N–H and O–H groups in total. The van der Waals surface area contributed by atoms with Crippen LogP contribution < -0.4 is 0 Å². The van der Waals surface area contributed by atoms with Crippen LogP contribution in [-0.4, -0.2) is 7.85 Å². The van der Waals surface area contributed by atoms with Crippen molar-refractivity contribution in [2.24, 2.45) is 0 Å². The first kappa shape index (κ1) is 5.23. The molecule has 0 rings (SSSR count). The molecule has 0 fully saturated rings. The summed E-state index contributed by atoms with van der Waals surface area (Å²) in [5, 5.41) is 0. The van der Waals surface area contributed by atoms with E-state index in [0.29, 0.717) is 0 Å². The molecule has 0 aliphatic carbocycles. The van der Waals surface area contributed by atoms with Gasteiger partial charge in [0.15, 0.2) is 0 Å². The lowest BCUT2D eigenvalue weighted by Crippen LogP contribution is -1.60. The van der Waals surface area contributed by atoms with Gasteiger partial charge in [0, 0.05) is 0 Å². The van der Waals surface area contributed by atoms with Crippen molar-refractivity contribution in [2.75, 3.05) is 0 Å². The monoisotopic (exact) mass is 84.0 g/mol. The average molecular weight is 83.9 g/mol. The summed E-state index contributed by atoms with van der Waals surface area (Å²) in [5.41, 5.74) is 0.843. The predicted octanol–water partition coefficient (Wildman–Crippen LogP) is 0.891. The molecule has 0 saturated carbocycles. The van der Waals surface area contributed by atoms with E-state index in [1.54, 1.807) is 5.82 Å². The summed E-state index contributed by atoms with van der Waals surface area (Å²) in [7, 11) is 7.54. The van der Waals surface area contributed by atoms with Gasteiger partial charge in [-0.1, -0.05) is 12.7 Å². The SMILES string of the molecule is [B]/C(C)=C/P. The maximum atomic E-state index is 5.13. The molecule has 0 aromatic carbocycles. The van der Waals surface area contributed by atoms with E-state index in [9.17, 15) is 0 Å². The Morgan fingerprint density at radius 3 is 2.20 bits per heavy atom. The summed E-state index contributed by atoms with van der Waals surface area (Å²) in [6.07, 6.45) is 0. The molecule has 0 aromatic heterocycles. The fourth-order valence-corrected chi connectivity index (χ4v) is 0. The Balaban J connectivity index is 3.14. The minimum absolute atomic E-state index is 0.843. The van der Waals surface area contributed by atoms with E-state index in [0.717, 1.165) is 5.47 Å². The van der Waals surface area contributed by atoms with Crippen molar-refractivity contribution in [2.45, 2.75) is 6.92 Å². The van der Waals surface area contributed by atoms with Crippen molar-refractivity contribution in [1.82, 2.24) is 0 Å². The van der Waals surface area contributed by atoms with Gasteiger partial charge in [0.05, 0.1) is 0 Å². The summed E-state index contributed by atoms with van der Waals surface area (Å²) in [6, 6.07) is 0. The number of rotatable bonds is 0. The fraction of sp³-hybridized carbons (Fsp3) is 0.333. The maximum Gasteiger partial charge on any atom is 0.107 e. The molecule has 1 unspecified atom stereocenters. The van der Waals surface area contributed by atoms with Crippen molar-refractivity contribution in [1.29, 1.82) is 0 Å². The van der Waals surface area contributed by atoms with Crippen LogP contribution in [0, 0.1) is 0 Å². The van der Waals surface area contributed by atoms with Crippen LogP contribution in [0.5, 0.6) is 0 Å². The molecule has 0 amide bonds. The predicted molar refractivity (Wildman–Crippen MR) is 29.2 cm³/mol. The Bertz CT molecular complexity index is 44.9. The van der Waals surface area contributed by atoms with E-state index in [-0.39, 0.29) is 0 Å². The minimum atomic E-state index is 0.843. The number of hydrogen-bond acceptors (Lipinski definition) is 0. The molecule has 0 aliphatic rings. The molecular weight excluding hydrogens is 77.8 g/mol. The summed E-state index contributed by atoms with van der Waals surface area (Å²) in [4.78, 5) is 0. The molecule has 0 heterocycles. The second-order valence-corrected chi connectivity index (χ2v) is 1.24. The van der Waals surface area contributed by atoms with Crippen molar-refractivity contribution >= 4 is 17.1 Å². The maximum absolute atomic E-state index is 5.13. The van der Waals surface area contributed by atoms with E-state index in [1.165, 1.54) is 0 Å². The topological polar surface area (TPSA) is 0 Å². The quantitative estimate of drug-likeness (QED) is 0.302. The molecule has 0 aliphatic heterocycles. The van der Waals surface area contributed by atoms with Gasteiger partial charge in [-0.3, -0.25) is 0 Å². The number of allylic oxidation sites excluding steroid dienone is 1. The van der Waals surface area contributed by atoms with Gasteiger partial charge in [-0.25, -0.2) is 0 Å². The Labute approximate surface area is 36.3 Å². The molecule has 0 saturated heterocycles. The van der Waals surface area contributed by atoms with Crippen LogP contribution in [0.15, 0.2) is 11.3 Å². The lowest BCUT2D eigenvalue weighted by molar-refractivity contribution is 1.71. The van der Waals surface area contributed by atoms with Crippen molar-refractivity contribution in [3.63, 3.8) is 0 Å². The minimum Gasteiger partial charge on any atom is -0.121 e. The molecule has 0 nitrogen and oxygen atoms in total. The lowest BCUT2D eigenvalue weighted by atomic mass is 10.0. The van der Waals surface area contributed by atoms with Crippen LogP contribution in [0.2, 0.25) is 0 Å². The van der Waals surface area contributed by atoms with Gasteiger partial charge in [0.25, 0.3) is 0 Å². The van der Waals surface area contributed by atoms with Crippen LogP contribution in [0.4, 0.5) is 0 Å². The van der Waals surface area contributed by atoms with Gasteiger partial charge in [-0.2, -0.15) is 0 Å². The third kappa shape index (κ3) is 4.23. The van der Waals surface area contributed by atoms with Crippen LogP contribution in [0.3, 0.4) is 0 Å². The fourth-order valence-electron chi connectivity index (χ4n) is 0. The van der Waals surface area contributed by atoms with Crippen molar-refractivity contribution in [3.8, 4) is 0 Å². The Hall–Kier alpha value is 0.235. The van der Waals surface area contributed by atoms with E-state index in [2.05, 4.69) is 9.24 Å². The van der Waals surface area contributed by atoms with Gasteiger partial charge in [0.2, 0.25) is 0 Å². The normalized spacial score (nSPS) is 12.0. The molecule has 26 valence electrons. The second kappa shape index (κ2) is 2.47. The molecule has 0 bridgehead atoms. The summed E-state index contributed by atoms with van der Waals surface area (Å²) < 4.78 is 0. The van der Waals surface area contributed by atoms with E-state index < -0.39 is 0 Å². The standard InChI is InChI=1S/C3H6BP/c1-3(4)2-5/h2H,5H2,1H3/b3-2+. The van der Waals surface area contributed by atoms with Crippen molar-refractivity contribution in [3.05, 3.63) is 11.3 Å². The molecule has 0 aromatic rings. The third-order valence-electron chi connectivity index (χ3n) is 0.263. The van der Waals surface area contributed by atoms with Gasteiger partial charge in [-0.05, 0) is 0 Å². The van der Waals surface area contributed by atoms with E-state index in [1.807, 2.05) is 6.92 Å². The summed E-state index contributed by atoms with van der Waals surface area (Å²) in [5.74, 6) is 1.78. The van der Waals surface area contributed by atoms with Crippen LogP contribution in [0.1, 0.15) is 6.92 Å². The lowest BCUT2D eigenvalue weighted by Gasteiger charge is -1.74. The summed E-state index contributed by atoms with van der Waals surface area (Å²) in [6.45, 7) is 1.84. The zero-order chi connectivity index (χ0) is 4.28. The van der Waals surface area contributed by atoms with Crippen LogP contribution in [0.25, 0.3) is 0 Å². The highest BCUT2D eigenvalue weighted by molar-refractivity contribution is 7.20. The average Bonchev–Trinajstić information content (AvgIpc) is 1.38. The van der Waals surface area contributed by atoms with Gasteiger partial charge in [0.1, 0.15) is 7.85 Å². The first-order valence-electron chi connectivity index (χ1n) is 1.41. The molecule has 1 atom stereocenters. The highest BCUT2D eigenvalue weighted by atomic mass is 31.0. The first-order chi connectivity index (χ1) is 2.27. The number of hydrogen-bond donors (Lipinski definition) is 0. The molecule has 2 radical (unpaired) electrons. The molecule has 0 spiro atoms. The van der Waals surface area contributed by atoms with Gasteiger partial charge < -0.3 is 0 Å². The highest BCUT2D eigenvalue weighted by Crippen LogP contribution is 1.87. The largest absolute Gasteiger partial charge is 0.121 e. The Morgan fingerprint density at radius 2 is 2.20 bits per heavy atom. The van der Waals surface area contributed by atoms with E-state index in [4.69, 9.17) is 7.85 Å². The molecule has 2 heteroatoms. The zero-order valence-electron chi connectivity index (χ0n) is 3.23. The third-order valence-corrected chi connectivity index (χ3v) is 0.789. The molecule has 5 heavy (non-hydrogen) atoms. The van der Waals surface area contributed by atoms with Crippen molar-refractivity contribution < 1.29 is 0 Å². The van der Waals surface area contributed by atoms with Gasteiger partial charge >= 0.3 is 0 Å². The Morgan fingerprint density at radius 1 is 2.00 bits per heavy atom. The Kier molecular flexibility index (Phi) is 2.59. The second-order valence-electron chi connectivity index (χ2n) is 0.911.